The van der Waals surface area contributed by atoms with Gasteiger partial charge in [-0.05, 0) is 25.7 Å². The summed E-state index contributed by atoms with van der Waals surface area (Å²) >= 11 is 0. The molecule has 1 fully saturated rings. The minimum Gasteiger partial charge on any atom is -0.394 e. The summed E-state index contributed by atoms with van der Waals surface area (Å²) < 4.78 is 37.0. The Morgan fingerprint density at radius 3 is 1.68 bits per heavy atom. The third kappa shape index (κ3) is 11.4. The lowest BCUT2D eigenvalue weighted by atomic mass is 9.98. The fraction of sp³-hybridized carbons (Fsp3) is 1.00. The second kappa shape index (κ2) is 19.2. The molecule has 0 bridgehead atoms. The van der Waals surface area contributed by atoms with Crippen molar-refractivity contribution in [3.05, 3.63) is 0 Å². The van der Waals surface area contributed by atoms with Crippen molar-refractivity contribution < 1.29 is 33.5 Å². The minimum atomic E-state index is -0.624. The van der Waals surface area contributed by atoms with Crippen LogP contribution in [-0.4, -0.2) is 82.1 Å². The molecule has 0 aromatic heterocycles. The van der Waals surface area contributed by atoms with Crippen molar-refractivity contribution in [2.24, 2.45) is 0 Å². The SMILES string of the molecule is CCCCOCC1OC(OCCO)[C@H](OCCCC)C(OCCCC)[C@@H]1OCCCC. The predicted molar refractivity (Wildman–Crippen MR) is 121 cm³/mol. The van der Waals surface area contributed by atoms with Gasteiger partial charge in [-0.3, -0.25) is 0 Å². The van der Waals surface area contributed by atoms with Gasteiger partial charge in [0.1, 0.15) is 24.4 Å². The number of ether oxygens (including phenoxy) is 6. The normalized spacial score (nSPS) is 26.4. The fourth-order valence-electron chi connectivity index (χ4n) is 3.42. The Hall–Kier alpha value is -0.280. The number of unbranched alkanes of at least 4 members (excludes halogenated alkanes) is 4. The molecular formula is C24H48O7. The summed E-state index contributed by atoms with van der Waals surface area (Å²) in [5, 5.41) is 9.30. The van der Waals surface area contributed by atoms with Gasteiger partial charge in [0.05, 0.1) is 19.8 Å². The van der Waals surface area contributed by atoms with E-state index in [1.807, 2.05) is 0 Å². The average molecular weight is 449 g/mol. The molecule has 7 heteroatoms. The highest BCUT2D eigenvalue weighted by molar-refractivity contribution is 4.93. The fourth-order valence-corrected chi connectivity index (χ4v) is 3.42. The molecule has 3 unspecified atom stereocenters. The van der Waals surface area contributed by atoms with Crippen LogP contribution in [0.25, 0.3) is 0 Å². The summed E-state index contributed by atoms with van der Waals surface area (Å²) in [6, 6.07) is 0. The zero-order valence-corrected chi connectivity index (χ0v) is 20.4. The van der Waals surface area contributed by atoms with Gasteiger partial charge in [-0.2, -0.15) is 0 Å². The molecule has 7 nitrogen and oxygen atoms in total. The lowest BCUT2D eigenvalue weighted by molar-refractivity contribution is -0.324. The van der Waals surface area contributed by atoms with Crippen molar-refractivity contribution >= 4 is 0 Å². The first-order chi connectivity index (χ1) is 15.2. The highest BCUT2D eigenvalue weighted by Gasteiger charge is 2.48. The summed E-state index contributed by atoms with van der Waals surface area (Å²) in [7, 11) is 0. The molecule has 0 radical (unpaired) electrons. The Morgan fingerprint density at radius 1 is 0.613 bits per heavy atom. The monoisotopic (exact) mass is 448 g/mol. The molecule has 31 heavy (non-hydrogen) atoms. The molecule has 0 aliphatic carbocycles. The van der Waals surface area contributed by atoms with E-state index in [0.717, 1.165) is 51.4 Å². The standard InChI is InChI=1S/C24H48O7/c1-5-9-14-26-19-20-21(27-15-10-6-2)22(28-16-11-7-3)23(29-17-12-8-4)24(31-20)30-18-13-25/h20-25H,5-19H2,1-4H3/t20?,21-,22?,23-,24?/m1/s1. The topological polar surface area (TPSA) is 75.6 Å². The first kappa shape index (κ1) is 28.8. The van der Waals surface area contributed by atoms with Crippen LogP contribution in [0.2, 0.25) is 0 Å². The van der Waals surface area contributed by atoms with Gasteiger partial charge in [0.15, 0.2) is 6.29 Å². The molecule has 1 rings (SSSR count). The molecule has 0 amide bonds. The van der Waals surface area contributed by atoms with Crippen LogP contribution >= 0.6 is 0 Å². The molecule has 1 saturated heterocycles. The van der Waals surface area contributed by atoms with Crippen LogP contribution in [0.15, 0.2) is 0 Å². The van der Waals surface area contributed by atoms with Gasteiger partial charge in [-0.1, -0.05) is 53.4 Å². The van der Waals surface area contributed by atoms with Gasteiger partial charge in [-0.25, -0.2) is 0 Å². The van der Waals surface area contributed by atoms with Crippen molar-refractivity contribution in [3.63, 3.8) is 0 Å². The van der Waals surface area contributed by atoms with E-state index in [9.17, 15) is 5.11 Å². The number of hydrogen-bond donors (Lipinski definition) is 1. The molecule has 186 valence electrons. The molecule has 1 heterocycles. The number of hydrogen-bond acceptors (Lipinski definition) is 7. The molecule has 0 spiro atoms. The van der Waals surface area contributed by atoms with Gasteiger partial charge in [0.25, 0.3) is 0 Å². The third-order valence-corrected chi connectivity index (χ3v) is 5.31. The van der Waals surface area contributed by atoms with Crippen LogP contribution in [0, 0.1) is 0 Å². The summed E-state index contributed by atoms with van der Waals surface area (Å²) in [5.41, 5.74) is 0. The Bertz CT molecular complexity index is 396. The molecule has 1 aliphatic rings. The second-order valence-corrected chi connectivity index (χ2v) is 8.13. The first-order valence-corrected chi connectivity index (χ1v) is 12.5. The van der Waals surface area contributed by atoms with E-state index < -0.39 is 12.4 Å². The van der Waals surface area contributed by atoms with E-state index >= 15 is 0 Å². The van der Waals surface area contributed by atoms with Crippen LogP contribution in [0.5, 0.6) is 0 Å². The number of aliphatic hydroxyl groups is 1. The van der Waals surface area contributed by atoms with Crippen LogP contribution in [-0.2, 0) is 28.4 Å². The molecule has 5 atom stereocenters. The predicted octanol–water partition coefficient (Wildman–Crippen LogP) is 4.09. The van der Waals surface area contributed by atoms with Gasteiger partial charge >= 0.3 is 0 Å². The maximum Gasteiger partial charge on any atom is 0.187 e. The van der Waals surface area contributed by atoms with Crippen molar-refractivity contribution in [3.8, 4) is 0 Å². The van der Waals surface area contributed by atoms with Crippen LogP contribution in [0.1, 0.15) is 79.1 Å². The van der Waals surface area contributed by atoms with Crippen molar-refractivity contribution in [2.45, 2.75) is 110 Å². The van der Waals surface area contributed by atoms with E-state index in [1.165, 1.54) is 0 Å². The quantitative estimate of drug-likeness (QED) is 0.281. The zero-order chi connectivity index (χ0) is 22.7. The van der Waals surface area contributed by atoms with Crippen molar-refractivity contribution in [2.75, 3.05) is 46.2 Å². The Kier molecular flexibility index (Phi) is 17.8. The van der Waals surface area contributed by atoms with E-state index in [0.29, 0.717) is 33.0 Å². The zero-order valence-electron chi connectivity index (χ0n) is 20.4. The molecule has 1 N–H and O–H groups in total. The lowest BCUT2D eigenvalue weighted by Crippen LogP contribution is -2.62. The van der Waals surface area contributed by atoms with Crippen LogP contribution in [0.4, 0.5) is 0 Å². The van der Waals surface area contributed by atoms with Crippen LogP contribution in [0.3, 0.4) is 0 Å². The van der Waals surface area contributed by atoms with Crippen molar-refractivity contribution in [1.82, 2.24) is 0 Å². The molecular weight excluding hydrogens is 400 g/mol. The summed E-state index contributed by atoms with van der Waals surface area (Å²) in [4.78, 5) is 0. The van der Waals surface area contributed by atoms with Crippen LogP contribution < -0.4 is 0 Å². The first-order valence-electron chi connectivity index (χ1n) is 12.5. The molecule has 0 aromatic rings. The van der Waals surface area contributed by atoms with Gasteiger partial charge in [-0.15, -0.1) is 0 Å². The van der Waals surface area contributed by atoms with Gasteiger partial charge in [0, 0.05) is 26.4 Å². The number of rotatable bonds is 20. The van der Waals surface area contributed by atoms with Gasteiger partial charge < -0.3 is 33.5 Å². The summed E-state index contributed by atoms with van der Waals surface area (Å²) in [5.74, 6) is 0. The lowest BCUT2D eigenvalue weighted by Gasteiger charge is -2.45. The van der Waals surface area contributed by atoms with E-state index in [4.69, 9.17) is 28.4 Å². The minimum absolute atomic E-state index is 0.0724. The summed E-state index contributed by atoms with van der Waals surface area (Å²) in [6.07, 6.45) is 6.22. The maximum atomic E-state index is 9.30. The Balaban J connectivity index is 3.01. The average Bonchev–Trinajstić information content (AvgIpc) is 2.78. The van der Waals surface area contributed by atoms with E-state index in [1.54, 1.807) is 0 Å². The van der Waals surface area contributed by atoms with Gasteiger partial charge in [0.2, 0.25) is 0 Å². The Labute approximate surface area is 190 Å². The highest BCUT2D eigenvalue weighted by Crippen LogP contribution is 2.30. The molecule has 0 saturated carbocycles. The third-order valence-electron chi connectivity index (χ3n) is 5.31. The number of aliphatic hydroxyl groups excluding tert-OH is 1. The summed E-state index contributed by atoms with van der Waals surface area (Å²) in [6.45, 7) is 11.7. The Morgan fingerprint density at radius 2 is 1.13 bits per heavy atom. The second-order valence-electron chi connectivity index (χ2n) is 8.13. The van der Waals surface area contributed by atoms with E-state index in [2.05, 4.69) is 27.7 Å². The van der Waals surface area contributed by atoms with E-state index in [-0.39, 0.29) is 31.5 Å². The highest BCUT2D eigenvalue weighted by atomic mass is 16.7. The molecule has 0 aromatic carbocycles. The maximum absolute atomic E-state index is 9.30. The largest absolute Gasteiger partial charge is 0.394 e. The smallest absolute Gasteiger partial charge is 0.187 e. The van der Waals surface area contributed by atoms with Crippen molar-refractivity contribution in [1.29, 1.82) is 0 Å². The molecule has 1 aliphatic heterocycles.